The van der Waals surface area contributed by atoms with Gasteiger partial charge in [-0.2, -0.15) is 0 Å². The molecule has 2 N–H and O–H groups in total. The molecule has 27 heavy (non-hydrogen) atoms. The lowest BCUT2D eigenvalue weighted by Gasteiger charge is -2.18. The Bertz CT molecular complexity index is 725. The number of aliphatic imine (C=N–C) groups is 1. The lowest BCUT2D eigenvalue weighted by molar-refractivity contribution is 0.223. The van der Waals surface area contributed by atoms with E-state index < -0.39 is 0 Å². The first-order chi connectivity index (χ1) is 12.6. The Morgan fingerprint density at radius 3 is 2.74 bits per heavy atom. The van der Waals surface area contributed by atoms with Crippen LogP contribution in [0.15, 0.2) is 47.6 Å². The average molecular weight is 484 g/mol. The van der Waals surface area contributed by atoms with E-state index in [1.807, 2.05) is 44.2 Å². The molecule has 0 aliphatic carbocycles. The molecule has 2 rings (SSSR count). The van der Waals surface area contributed by atoms with Gasteiger partial charge in [-0.3, -0.25) is 4.99 Å². The fraction of sp³-hybridized carbons (Fsp3) is 0.400. The molecule has 1 atom stereocenters. The van der Waals surface area contributed by atoms with Gasteiger partial charge in [0.2, 0.25) is 5.88 Å². The fourth-order valence-corrected chi connectivity index (χ4v) is 2.43. The van der Waals surface area contributed by atoms with Gasteiger partial charge in [0.25, 0.3) is 0 Å². The third kappa shape index (κ3) is 8.03. The van der Waals surface area contributed by atoms with Crippen molar-refractivity contribution < 1.29 is 9.47 Å². The Morgan fingerprint density at radius 2 is 2.04 bits per heavy atom. The molecule has 6 nitrogen and oxygen atoms in total. The normalized spacial score (nSPS) is 11.9. The van der Waals surface area contributed by atoms with Crippen molar-refractivity contribution in [1.29, 1.82) is 0 Å². The standard InChI is InChI=1S/C20H28N4O2.HI/c1-5-25-19-17(9-7-11-22-19)14-24-20(21-4)23-13-16(3)26-18-10-6-8-15(2)12-18;/h6-12,16H,5,13-14H2,1-4H3,(H2,21,23,24);1H. The molecule has 0 fully saturated rings. The van der Waals surface area contributed by atoms with Crippen LogP contribution in [0.25, 0.3) is 0 Å². The largest absolute Gasteiger partial charge is 0.489 e. The summed E-state index contributed by atoms with van der Waals surface area (Å²) in [5, 5.41) is 6.55. The third-order valence-electron chi connectivity index (χ3n) is 3.68. The number of nitrogens with one attached hydrogen (secondary N) is 2. The SMILES string of the molecule is CCOc1ncccc1CNC(=NC)NCC(C)Oc1cccc(C)c1.I. The molecule has 0 aliphatic heterocycles. The lowest BCUT2D eigenvalue weighted by Crippen LogP contribution is -2.41. The van der Waals surface area contributed by atoms with Crippen LogP contribution in [0.3, 0.4) is 0 Å². The van der Waals surface area contributed by atoms with Crippen molar-refractivity contribution in [3.8, 4) is 11.6 Å². The van der Waals surface area contributed by atoms with Crippen molar-refractivity contribution in [1.82, 2.24) is 15.6 Å². The maximum Gasteiger partial charge on any atom is 0.218 e. The van der Waals surface area contributed by atoms with Gasteiger partial charge in [-0.1, -0.05) is 18.2 Å². The summed E-state index contributed by atoms with van der Waals surface area (Å²) in [6.45, 7) is 7.83. The topological polar surface area (TPSA) is 67.8 Å². The number of hydrogen-bond acceptors (Lipinski definition) is 4. The minimum atomic E-state index is 0. The molecule has 0 spiro atoms. The molecular formula is C20H29IN4O2. The summed E-state index contributed by atoms with van der Waals surface area (Å²) in [5.41, 5.74) is 2.17. The molecule has 1 aromatic heterocycles. The number of hydrogen-bond donors (Lipinski definition) is 2. The molecular weight excluding hydrogens is 455 g/mol. The zero-order chi connectivity index (χ0) is 18.8. The Balaban J connectivity index is 0.00000364. The number of guanidine groups is 1. The van der Waals surface area contributed by atoms with Crippen molar-refractivity contribution >= 4 is 29.9 Å². The Hall–Kier alpha value is -2.03. The highest BCUT2D eigenvalue weighted by Crippen LogP contribution is 2.14. The number of ether oxygens (including phenoxy) is 2. The number of halogens is 1. The van der Waals surface area contributed by atoms with Crippen LogP contribution in [0.4, 0.5) is 0 Å². The monoisotopic (exact) mass is 484 g/mol. The smallest absolute Gasteiger partial charge is 0.218 e. The predicted octanol–water partition coefficient (Wildman–Crippen LogP) is 3.54. The number of nitrogens with zero attached hydrogens (tertiary/aromatic N) is 2. The zero-order valence-electron chi connectivity index (χ0n) is 16.4. The van der Waals surface area contributed by atoms with E-state index in [2.05, 4.69) is 33.6 Å². The van der Waals surface area contributed by atoms with Crippen LogP contribution in [0, 0.1) is 6.92 Å². The summed E-state index contributed by atoms with van der Waals surface area (Å²) in [7, 11) is 1.74. The van der Waals surface area contributed by atoms with Gasteiger partial charge in [0.1, 0.15) is 11.9 Å². The summed E-state index contributed by atoms with van der Waals surface area (Å²) in [4.78, 5) is 8.51. The summed E-state index contributed by atoms with van der Waals surface area (Å²) < 4.78 is 11.5. The van der Waals surface area contributed by atoms with Crippen molar-refractivity contribution in [3.05, 3.63) is 53.7 Å². The van der Waals surface area contributed by atoms with E-state index in [4.69, 9.17) is 9.47 Å². The molecule has 0 saturated carbocycles. The quantitative estimate of drug-likeness (QED) is 0.341. The fourth-order valence-electron chi connectivity index (χ4n) is 2.43. The number of aromatic nitrogens is 1. The molecule has 0 amide bonds. The van der Waals surface area contributed by atoms with Crippen LogP contribution in [-0.4, -0.2) is 37.2 Å². The first-order valence-corrected chi connectivity index (χ1v) is 8.87. The van der Waals surface area contributed by atoms with Crippen molar-refractivity contribution in [3.63, 3.8) is 0 Å². The molecule has 1 aromatic carbocycles. The van der Waals surface area contributed by atoms with E-state index in [1.165, 1.54) is 5.56 Å². The number of aryl methyl sites for hydroxylation is 1. The summed E-state index contributed by atoms with van der Waals surface area (Å²) >= 11 is 0. The summed E-state index contributed by atoms with van der Waals surface area (Å²) in [5.74, 6) is 2.23. The van der Waals surface area contributed by atoms with E-state index in [0.717, 1.165) is 11.3 Å². The van der Waals surface area contributed by atoms with Crippen LogP contribution >= 0.6 is 24.0 Å². The summed E-state index contributed by atoms with van der Waals surface area (Å²) in [6.07, 6.45) is 1.74. The second-order valence-electron chi connectivity index (χ2n) is 5.95. The Kier molecular flexibility index (Phi) is 10.5. The lowest BCUT2D eigenvalue weighted by atomic mass is 10.2. The minimum Gasteiger partial charge on any atom is -0.489 e. The molecule has 0 saturated heterocycles. The highest BCUT2D eigenvalue weighted by Gasteiger charge is 2.08. The molecule has 1 unspecified atom stereocenters. The minimum absolute atomic E-state index is 0. The maximum absolute atomic E-state index is 5.93. The average Bonchev–Trinajstić information content (AvgIpc) is 2.63. The number of benzene rings is 1. The van der Waals surface area contributed by atoms with Gasteiger partial charge < -0.3 is 20.1 Å². The zero-order valence-corrected chi connectivity index (χ0v) is 18.7. The van der Waals surface area contributed by atoms with Crippen LogP contribution < -0.4 is 20.1 Å². The van der Waals surface area contributed by atoms with Gasteiger partial charge in [0.05, 0.1) is 13.2 Å². The van der Waals surface area contributed by atoms with E-state index in [9.17, 15) is 0 Å². The highest BCUT2D eigenvalue weighted by atomic mass is 127. The van der Waals surface area contributed by atoms with Gasteiger partial charge in [0, 0.05) is 25.4 Å². The molecule has 7 heteroatoms. The van der Waals surface area contributed by atoms with E-state index in [-0.39, 0.29) is 30.1 Å². The highest BCUT2D eigenvalue weighted by molar-refractivity contribution is 14.0. The molecule has 1 heterocycles. The second kappa shape index (κ2) is 12.4. The van der Waals surface area contributed by atoms with Gasteiger partial charge in [0.15, 0.2) is 5.96 Å². The van der Waals surface area contributed by atoms with Crippen LogP contribution in [0.2, 0.25) is 0 Å². The predicted molar refractivity (Wildman–Crippen MR) is 120 cm³/mol. The van der Waals surface area contributed by atoms with Crippen LogP contribution in [0.1, 0.15) is 25.0 Å². The van der Waals surface area contributed by atoms with E-state index >= 15 is 0 Å². The first-order valence-electron chi connectivity index (χ1n) is 8.87. The van der Waals surface area contributed by atoms with Crippen LogP contribution in [-0.2, 0) is 6.54 Å². The molecule has 0 bridgehead atoms. The summed E-state index contributed by atoms with van der Waals surface area (Å²) in [6, 6.07) is 11.9. The van der Waals surface area contributed by atoms with Gasteiger partial charge >= 0.3 is 0 Å². The Morgan fingerprint density at radius 1 is 1.22 bits per heavy atom. The van der Waals surface area contributed by atoms with E-state index in [1.54, 1.807) is 13.2 Å². The van der Waals surface area contributed by atoms with Gasteiger partial charge in [-0.05, 0) is 44.5 Å². The molecule has 2 aromatic rings. The molecule has 148 valence electrons. The number of rotatable bonds is 8. The van der Waals surface area contributed by atoms with E-state index in [0.29, 0.717) is 31.5 Å². The van der Waals surface area contributed by atoms with Crippen molar-refractivity contribution in [2.24, 2.45) is 4.99 Å². The Labute approximate surface area is 178 Å². The van der Waals surface area contributed by atoms with Gasteiger partial charge in [-0.25, -0.2) is 4.98 Å². The maximum atomic E-state index is 5.93. The molecule has 0 radical (unpaired) electrons. The van der Waals surface area contributed by atoms with Crippen LogP contribution in [0.5, 0.6) is 11.6 Å². The van der Waals surface area contributed by atoms with Crippen molar-refractivity contribution in [2.75, 3.05) is 20.2 Å². The number of pyridine rings is 1. The van der Waals surface area contributed by atoms with Gasteiger partial charge in [-0.15, -0.1) is 24.0 Å². The second-order valence-corrected chi connectivity index (χ2v) is 5.95. The first kappa shape index (κ1) is 23.0. The molecule has 0 aliphatic rings. The third-order valence-corrected chi connectivity index (χ3v) is 3.68. The van der Waals surface area contributed by atoms with Crippen molar-refractivity contribution in [2.45, 2.75) is 33.4 Å².